The summed E-state index contributed by atoms with van der Waals surface area (Å²) in [5, 5.41) is 2.57. The van der Waals surface area contributed by atoms with E-state index in [0.29, 0.717) is 5.75 Å². The van der Waals surface area contributed by atoms with Gasteiger partial charge >= 0.3 is 0 Å². The maximum absolute atomic E-state index is 10.8. The van der Waals surface area contributed by atoms with Gasteiger partial charge in [-0.05, 0) is 13.2 Å². The third-order valence-corrected chi connectivity index (χ3v) is 1.87. The van der Waals surface area contributed by atoms with Crippen LogP contribution in [-0.2, 0) is 9.59 Å². The molecule has 1 amide bonds. The van der Waals surface area contributed by atoms with Gasteiger partial charge in [-0.15, -0.1) is 0 Å². The Morgan fingerprint density at radius 1 is 1.45 bits per heavy atom. The average molecular weight is 175 g/mol. The van der Waals surface area contributed by atoms with Crippen LogP contribution in [-0.4, -0.2) is 29.7 Å². The van der Waals surface area contributed by atoms with Crippen LogP contribution >= 0.6 is 11.8 Å². The molecule has 11 heavy (non-hydrogen) atoms. The Morgan fingerprint density at radius 3 is 2.27 bits per heavy atom. The van der Waals surface area contributed by atoms with Crippen LogP contribution in [0.15, 0.2) is 0 Å². The normalized spacial score (nSPS) is 12.3. The summed E-state index contributed by atoms with van der Waals surface area (Å²) in [5.41, 5.74) is 0. The van der Waals surface area contributed by atoms with E-state index in [9.17, 15) is 9.59 Å². The molecule has 0 saturated heterocycles. The highest BCUT2D eigenvalue weighted by Gasteiger charge is 2.13. The second-order valence-electron chi connectivity index (χ2n) is 2.32. The highest BCUT2D eigenvalue weighted by Crippen LogP contribution is 1.97. The smallest absolute Gasteiger partial charge is 0.217 e. The van der Waals surface area contributed by atoms with Gasteiger partial charge in [0.15, 0.2) is 5.78 Å². The standard InChI is InChI=1S/C7H13NO2S/c1-5(9)7(4-11-3)8-6(2)10/h7H,4H2,1-3H3,(H,8,10)/t7-/m0/s1. The lowest BCUT2D eigenvalue weighted by Gasteiger charge is -2.12. The van der Waals surface area contributed by atoms with E-state index in [1.165, 1.54) is 13.8 Å². The molecule has 0 aliphatic heterocycles. The van der Waals surface area contributed by atoms with Crippen LogP contribution in [0.2, 0.25) is 0 Å². The highest BCUT2D eigenvalue weighted by molar-refractivity contribution is 7.98. The van der Waals surface area contributed by atoms with Crippen LogP contribution < -0.4 is 5.32 Å². The molecule has 0 fully saturated rings. The first-order valence-electron chi connectivity index (χ1n) is 3.34. The van der Waals surface area contributed by atoms with E-state index in [2.05, 4.69) is 5.32 Å². The number of rotatable bonds is 4. The summed E-state index contributed by atoms with van der Waals surface area (Å²) < 4.78 is 0. The van der Waals surface area contributed by atoms with Gasteiger partial charge in [0.2, 0.25) is 5.91 Å². The molecule has 0 unspecified atom stereocenters. The molecular formula is C7H13NO2S. The topological polar surface area (TPSA) is 46.2 Å². The molecule has 0 bridgehead atoms. The summed E-state index contributed by atoms with van der Waals surface area (Å²) >= 11 is 1.54. The minimum absolute atomic E-state index is 0.00884. The number of amides is 1. The second-order valence-corrected chi connectivity index (χ2v) is 3.23. The Hall–Kier alpha value is -0.510. The maximum Gasteiger partial charge on any atom is 0.217 e. The van der Waals surface area contributed by atoms with E-state index in [-0.39, 0.29) is 17.7 Å². The van der Waals surface area contributed by atoms with Crippen molar-refractivity contribution in [1.29, 1.82) is 0 Å². The van der Waals surface area contributed by atoms with Crippen molar-refractivity contribution in [3.05, 3.63) is 0 Å². The fraction of sp³-hybridized carbons (Fsp3) is 0.714. The lowest BCUT2D eigenvalue weighted by molar-refractivity contribution is -0.125. The van der Waals surface area contributed by atoms with Gasteiger partial charge in [0.1, 0.15) is 0 Å². The van der Waals surface area contributed by atoms with Crippen molar-refractivity contribution >= 4 is 23.5 Å². The molecule has 0 aliphatic rings. The largest absolute Gasteiger partial charge is 0.346 e. The minimum Gasteiger partial charge on any atom is -0.346 e. The fourth-order valence-corrected chi connectivity index (χ4v) is 1.32. The third-order valence-electron chi connectivity index (χ3n) is 1.20. The summed E-state index contributed by atoms with van der Waals surface area (Å²) in [6.45, 7) is 2.90. The number of ketones is 1. The SMILES string of the molecule is CSC[C@H](NC(C)=O)C(C)=O. The van der Waals surface area contributed by atoms with Crippen LogP contribution in [0.25, 0.3) is 0 Å². The molecule has 0 saturated carbocycles. The Kier molecular flexibility index (Phi) is 4.94. The number of Topliss-reactive ketones (excluding diaryl/α,β-unsaturated/α-hetero) is 1. The summed E-state index contributed by atoms with van der Waals surface area (Å²) in [6.07, 6.45) is 1.90. The van der Waals surface area contributed by atoms with E-state index in [1.807, 2.05) is 6.26 Å². The molecule has 3 nitrogen and oxygen atoms in total. The van der Waals surface area contributed by atoms with Gasteiger partial charge in [-0.25, -0.2) is 0 Å². The molecule has 1 N–H and O–H groups in total. The van der Waals surface area contributed by atoms with Crippen LogP contribution in [0.5, 0.6) is 0 Å². The predicted octanol–water partition coefficient (Wildman–Crippen LogP) is 0.443. The zero-order valence-electron chi connectivity index (χ0n) is 7.01. The summed E-state index contributed by atoms with van der Waals surface area (Å²) in [7, 11) is 0. The van der Waals surface area contributed by atoms with E-state index < -0.39 is 0 Å². The first kappa shape index (κ1) is 10.5. The Labute approximate surface area is 70.9 Å². The molecule has 0 aliphatic carbocycles. The number of nitrogens with one attached hydrogen (secondary N) is 1. The number of hydrogen-bond donors (Lipinski definition) is 1. The Morgan fingerprint density at radius 2 is 2.00 bits per heavy atom. The van der Waals surface area contributed by atoms with Crippen molar-refractivity contribution in [2.75, 3.05) is 12.0 Å². The van der Waals surface area contributed by atoms with Gasteiger partial charge < -0.3 is 5.32 Å². The van der Waals surface area contributed by atoms with Gasteiger partial charge in [0.05, 0.1) is 6.04 Å². The summed E-state index contributed by atoms with van der Waals surface area (Å²) in [4.78, 5) is 21.4. The molecule has 0 aromatic heterocycles. The molecule has 4 heteroatoms. The molecule has 0 spiro atoms. The Balaban J connectivity index is 3.89. The van der Waals surface area contributed by atoms with Crippen molar-refractivity contribution in [2.24, 2.45) is 0 Å². The molecule has 64 valence electrons. The first-order valence-corrected chi connectivity index (χ1v) is 4.73. The van der Waals surface area contributed by atoms with Crippen molar-refractivity contribution in [1.82, 2.24) is 5.32 Å². The van der Waals surface area contributed by atoms with Crippen LogP contribution in [0, 0.1) is 0 Å². The zero-order valence-corrected chi connectivity index (χ0v) is 7.83. The van der Waals surface area contributed by atoms with Crippen LogP contribution in [0.1, 0.15) is 13.8 Å². The molecule has 1 atom stereocenters. The quantitative estimate of drug-likeness (QED) is 0.674. The molecular weight excluding hydrogens is 162 g/mol. The number of carbonyl (C=O) groups is 2. The number of carbonyl (C=O) groups excluding carboxylic acids is 2. The van der Waals surface area contributed by atoms with Gasteiger partial charge in [-0.1, -0.05) is 0 Å². The number of thioether (sulfide) groups is 1. The van der Waals surface area contributed by atoms with E-state index in [0.717, 1.165) is 0 Å². The Bertz CT molecular complexity index is 159. The van der Waals surface area contributed by atoms with Crippen molar-refractivity contribution in [3.63, 3.8) is 0 Å². The fourth-order valence-electron chi connectivity index (χ4n) is 0.673. The van der Waals surface area contributed by atoms with E-state index in [1.54, 1.807) is 11.8 Å². The summed E-state index contributed by atoms with van der Waals surface area (Å²) in [6, 6.07) is -0.317. The van der Waals surface area contributed by atoms with Gasteiger partial charge in [-0.2, -0.15) is 11.8 Å². The third kappa shape index (κ3) is 4.84. The monoisotopic (exact) mass is 175 g/mol. The van der Waals surface area contributed by atoms with E-state index in [4.69, 9.17) is 0 Å². The molecule has 0 rings (SSSR count). The molecule has 0 aromatic rings. The van der Waals surface area contributed by atoms with Gasteiger partial charge in [0.25, 0.3) is 0 Å². The molecule has 0 aromatic carbocycles. The maximum atomic E-state index is 10.8. The minimum atomic E-state index is -0.317. The average Bonchev–Trinajstić information content (AvgIpc) is 1.86. The van der Waals surface area contributed by atoms with Crippen LogP contribution in [0.4, 0.5) is 0 Å². The lowest BCUT2D eigenvalue weighted by atomic mass is 10.2. The van der Waals surface area contributed by atoms with E-state index >= 15 is 0 Å². The van der Waals surface area contributed by atoms with Crippen LogP contribution in [0.3, 0.4) is 0 Å². The zero-order chi connectivity index (χ0) is 8.85. The van der Waals surface area contributed by atoms with Crippen molar-refractivity contribution in [3.8, 4) is 0 Å². The van der Waals surface area contributed by atoms with Gasteiger partial charge in [-0.3, -0.25) is 9.59 Å². The van der Waals surface area contributed by atoms with Crippen molar-refractivity contribution in [2.45, 2.75) is 19.9 Å². The second kappa shape index (κ2) is 5.18. The molecule has 0 radical (unpaired) electrons. The first-order chi connectivity index (χ1) is 5.07. The predicted molar refractivity (Wildman–Crippen MR) is 46.7 cm³/mol. The number of hydrogen-bond acceptors (Lipinski definition) is 3. The summed E-state index contributed by atoms with van der Waals surface area (Å²) in [5.74, 6) is 0.503. The molecule has 0 heterocycles. The highest BCUT2D eigenvalue weighted by atomic mass is 32.2. The van der Waals surface area contributed by atoms with Gasteiger partial charge in [0, 0.05) is 12.7 Å². The van der Waals surface area contributed by atoms with Crippen molar-refractivity contribution < 1.29 is 9.59 Å². The lowest BCUT2D eigenvalue weighted by Crippen LogP contribution is -2.40.